The van der Waals surface area contributed by atoms with Crippen LogP contribution in [0.2, 0.25) is 0 Å². The molecular formula is C14H19N3O2S. The number of methoxy groups -OCH3 is 1. The van der Waals surface area contributed by atoms with Gasteiger partial charge >= 0.3 is 0 Å². The van der Waals surface area contributed by atoms with Crippen LogP contribution in [0, 0.1) is 0 Å². The topological polar surface area (TPSA) is 67.6 Å². The molecule has 6 heteroatoms. The first kappa shape index (κ1) is 14.6. The van der Waals surface area contributed by atoms with Crippen LogP contribution in [0.4, 0.5) is 5.69 Å². The molecule has 1 aromatic rings. The van der Waals surface area contributed by atoms with Crippen molar-refractivity contribution in [2.24, 2.45) is 5.73 Å². The number of hydrogen-bond acceptors (Lipinski definition) is 4. The Morgan fingerprint density at radius 3 is 2.95 bits per heavy atom. The predicted octanol–water partition coefficient (Wildman–Crippen LogP) is 1.04. The second-order valence-corrected chi connectivity index (χ2v) is 5.10. The standard InChI is InChI=1S/C14H19N3O2S/c1-3-11-14(18)16-6-7-17(11)12-8-9(19-2)4-5-10(12)13(15)20/h4-5,8,11H,3,6-7H2,1-2H3,(H2,15,20)(H,16,18). The Hall–Kier alpha value is -1.82. The zero-order chi connectivity index (χ0) is 14.7. The zero-order valence-corrected chi connectivity index (χ0v) is 12.5. The summed E-state index contributed by atoms with van der Waals surface area (Å²) in [5.74, 6) is 0.760. The Kier molecular flexibility index (Phi) is 4.44. The van der Waals surface area contributed by atoms with Crippen molar-refractivity contribution in [2.75, 3.05) is 25.1 Å². The molecule has 1 aliphatic rings. The van der Waals surface area contributed by atoms with Gasteiger partial charge in [-0.2, -0.15) is 0 Å². The van der Waals surface area contributed by atoms with Gasteiger partial charge in [0.15, 0.2) is 0 Å². The molecule has 5 nitrogen and oxygen atoms in total. The fraction of sp³-hybridized carbons (Fsp3) is 0.429. The molecule has 1 heterocycles. The minimum absolute atomic E-state index is 0.0375. The smallest absolute Gasteiger partial charge is 0.242 e. The highest BCUT2D eigenvalue weighted by Crippen LogP contribution is 2.29. The lowest BCUT2D eigenvalue weighted by Crippen LogP contribution is -2.55. The van der Waals surface area contributed by atoms with Crippen molar-refractivity contribution in [3.8, 4) is 5.75 Å². The molecule has 0 aliphatic carbocycles. The Bertz CT molecular complexity index is 533. The molecule has 0 bridgehead atoms. The van der Waals surface area contributed by atoms with Crippen molar-refractivity contribution in [3.63, 3.8) is 0 Å². The summed E-state index contributed by atoms with van der Waals surface area (Å²) in [6.07, 6.45) is 0.722. The van der Waals surface area contributed by atoms with Crippen LogP contribution in [-0.4, -0.2) is 37.1 Å². The van der Waals surface area contributed by atoms with Crippen LogP contribution >= 0.6 is 12.2 Å². The van der Waals surface area contributed by atoms with Crippen molar-refractivity contribution in [2.45, 2.75) is 19.4 Å². The van der Waals surface area contributed by atoms with Gasteiger partial charge in [-0.1, -0.05) is 19.1 Å². The van der Waals surface area contributed by atoms with Crippen LogP contribution in [0.3, 0.4) is 0 Å². The number of nitrogens with zero attached hydrogens (tertiary/aromatic N) is 1. The maximum absolute atomic E-state index is 12.0. The van der Waals surface area contributed by atoms with E-state index in [1.807, 2.05) is 25.1 Å². The summed E-state index contributed by atoms with van der Waals surface area (Å²) in [6.45, 7) is 3.33. The molecule has 0 radical (unpaired) electrons. The molecule has 0 saturated carbocycles. The monoisotopic (exact) mass is 293 g/mol. The molecule has 1 fully saturated rings. The van der Waals surface area contributed by atoms with Gasteiger partial charge in [0.05, 0.1) is 12.8 Å². The number of carbonyl (C=O) groups excluding carboxylic acids is 1. The van der Waals surface area contributed by atoms with Gasteiger partial charge in [0.2, 0.25) is 5.91 Å². The maximum Gasteiger partial charge on any atom is 0.242 e. The molecule has 1 unspecified atom stereocenters. The molecule has 1 aliphatic heterocycles. The lowest BCUT2D eigenvalue weighted by molar-refractivity contribution is -0.123. The largest absolute Gasteiger partial charge is 0.497 e. The summed E-state index contributed by atoms with van der Waals surface area (Å²) in [5, 5.41) is 2.88. The summed E-state index contributed by atoms with van der Waals surface area (Å²) in [7, 11) is 1.61. The van der Waals surface area contributed by atoms with E-state index in [1.54, 1.807) is 7.11 Å². The number of amides is 1. The lowest BCUT2D eigenvalue weighted by atomic mass is 10.0. The molecule has 0 aromatic heterocycles. The van der Waals surface area contributed by atoms with E-state index < -0.39 is 0 Å². The third-order valence-corrected chi connectivity index (χ3v) is 3.72. The van der Waals surface area contributed by atoms with Crippen molar-refractivity contribution >= 4 is 28.8 Å². The summed E-state index contributed by atoms with van der Waals surface area (Å²) < 4.78 is 5.26. The average Bonchev–Trinajstić information content (AvgIpc) is 2.46. The van der Waals surface area contributed by atoms with Crippen molar-refractivity contribution in [1.82, 2.24) is 5.32 Å². The SMILES string of the molecule is CCC1C(=O)NCCN1c1cc(OC)ccc1C(N)=S. The van der Waals surface area contributed by atoms with Gasteiger partial charge in [-0.15, -0.1) is 0 Å². The van der Waals surface area contributed by atoms with E-state index in [9.17, 15) is 4.79 Å². The number of hydrogen-bond donors (Lipinski definition) is 2. The van der Waals surface area contributed by atoms with Gasteiger partial charge in [-0.3, -0.25) is 4.79 Å². The molecule has 2 rings (SSSR count). The van der Waals surface area contributed by atoms with Crippen molar-refractivity contribution in [3.05, 3.63) is 23.8 Å². The number of ether oxygens (including phenoxy) is 1. The first-order chi connectivity index (χ1) is 9.58. The van der Waals surface area contributed by atoms with E-state index in [-0.39, 0.29) is 11.9 Å². The number of rotatable bonds is 4. The van der Waals surface area contributed by atoms with Crippen LogP contribution in [0.15, 0.2) is 18.2 Å². The number of anilines is 1. The van der Waals surface area contributed by atoms with Gasteiger partial charge in [-0.25, -0.2) is 0 Å². The molecule has 1 amide bonds. The van der Waals surface area contributed by atoms with Gasteiger partial charge in [0.25, 0.3) is 0 Å². The number of benzene rings is 1. The molecule has 0 spiro atoms. The normalized spacial score (nSPS) is 18.6. The van der Waals surface area contributed by atoms with Crippen molar-refractivity contribution < 1.29 is 9.53 Å². The number of thiocarbonyl (C=S) groups is 1. The molecule has 1 saturated heterocycles. The van der Waals surface area contributed by atoms with Gasteiger partial charge in [0.1, 0.15) is 16.8 Å². The fourth-order valence-corrected chi connectivity index (χ4v) is 2.67. The lowest BCUT2D eigenvalue weighted by Gasteiger charge is -2.37. The van der Waals surface area contributed by atoms with Crippen LogP contribution in [0.1, 0.15) is 18.9 Å². The second-order valence-electron chi connectivity index (χ2n) is 4.66. The van der Waals surface area contributed by atoms with Gasteiger partial charge in [0, 0.05) is 24.7 Å². The minimum atomic E-state index is -0.205. The van der Waals surface area contributed by atoms with E-state index >= 15 is 0 Å². The second kappa shape index (κ2) is 6.09. The quantitative estimate of drug-likeness (QED) is 0.812. The highest BCUT2D eigenvalue weighted by molar-refractivity contribution is 7.80. The van der Waals surface area contributed by atoms with Crippen LogP contribution < -0.4 is 20.7 Å². The number of carbonyl (C=O) groups is 1. The summed E-state index contributed by atoms with van der Waals surface area (Å²) >= 11 is 5.11. The molecule has 108 valence electrons. The van der Waals surface area contributed by atoms with Gasteiger partial charge < -0.3 is 20.7 Å². The Morgan fingerprint density at radius 1 is 1.60 bits per heavy atom. The fourth-order valence-electron chi connectivity index (χ4n) is 2.49. The summed E-state index contributed by atoms with van der Waals surface area (Å²) in [6, 6.07) is 5.35. The predicted molar refractivity (Wildman–Crippen MR) is 83.3 cm³/mol. The van der Waals surface area contributed by atoms with E-state index in [1.165, 1.54) is 0 Å². The highest BCUT2D eigenvalue weighted by atomic mass is 32.1. The summed E-state index contributed by atoms with van der Waals surface area (Å²) in [4.78, 5) is 14.4. The summed E-state index contributed by atoms with van der Waals surface area (Å²) in [5.41, 5.74) is 7.43. The molecule has 20 heavy (non-hydrogen) atoms. The zero-order valence-electron chi connectivity index (χ0n) is 11.7. The van der Waals surface area contributed by atoms with Crippen LogP contribution in [0.25, 0.3) is 0 Å². The Balaban J connectivity index is 2.47. The Morgan fingerprint density at radius 2 is 2.35 bits per heavy atom. The molecule has 3 N–H and O–H groups in total. The number of nitrogens with one attached hydrogen (secondary N) is 1. The van der Waals surface area contributed by atoms with Crippen LogP contribution in [0.5, 0.6) is 5.75 Å². The van der Waals surface area contributed by atoms with E-state index in [0.717, 1.165) is 30.0 Å². The highest BCUT2D eigenvalue weighted by Gasteiger charge is 2.30. The third kappa shape index (κ3) is 2.70. The maximum atomic E-state index is 12.0. The molecular weight excluding hydrogens is 274 g/mol. The first-order valence-electron chi connectivity index (χ1n) is 6.60. The number of piperazine rings is 1. The number of nitrogens with two attached hydrogens (primary N) is 1. The third-order valence-electron chi connectivity index (χ3n) is 3.50. The van der Waals surface area contributed by atoms with Crippen LogP contribution in [-0.2, 0) is 4.79 Å². The first-order valence-corrected chi connectivity index (χ1v) is 7.01. The molecule has 1 atom stereocenters. The van der Waals surface area contributed by atoms with E-state index in [2.05, 4.69) is 10.2 Å². The Labute approximate surface area is 124 Å². The minimum Gasteiger partial charge on any atom is -0.497 e. The average molecular weight is 293 g/mol. The van der Waals surface area contributed by atoms with E-state index in [0.29, 0.717) is 11.5 Å². The van der Waals surface area contributed by atoms with Crippen molar-refractivity contribution in [1.29, 1.82) is 0 Å². The van der Waals surface area contributed by atoms with Gasteiger partial charge in [-0.05, 0) is 18.6 Å². The molecule has 1 aromatic carbocycles. The van der Waals surface area contributed by atoms with E-state index in [4.69, 9.17) is 22.7 Å².